The van der Waals surface area contributed by atoms with Crippen molar-refractivity contribution in [3.05, 3.63) is 28.8 Å². The lowest BCUT2D eigenvalue weighted by atomic mass is 10.2. The Hall–Kier alpha value is -0.870. The highest BCUT2D eigenvalue weighted by Crippen LogP contribution is 2.25. The molecule has 0 spiro atoms. The van der Waals surface area contributed by atoms with E-state index in [9.17, 15) is 4.79 Å². The molecule has 3 nitrogen and oxygen atoms in total. The highest BCUT2D eigenvalue weighted by atomic mass is 35.5. The Morgan fingerprint density at radius 2 is 2.31 bits per heavy atom. The minimum Gasteiger partial charge on any atom is -0.491 e. The van der Waals surface area contributed by atoms with E-state index in [1.165, 1.54) is 12.1 Å². The van der Waals surface area contributed by atoms with Crippen molar-refractivity contribution in [3.8, 4) is 5.75 Å². The first-order valence-corrected chi connectivity index (χ1v) is 6.41. The summed E-state index contributed by atoms with van der Waals surface area (Å²) in [4.78, 5) is 10.7. The van der Waals surface area contributed by atoms with Gasteiger partial charge >= 0.3 is 5.97 Å². The summed E-state index contributed by atoms with van der Waals surface area (Å²) < 4.78 is 5.43. The van der Waals surface area contributed by atoms with Crippen LogP contribution in [0.3, 0.4) is 0 Å². The number of halogens is 1. The monoisotopic (exact) mass is 260 g/mol. The van der Waals surface area contributed by atoms with Crippen molar-refractivity contribution in [2.24, 2.45) is 0 Å². The van der Waals surface area contributed by atoms with Gasteiger partial charge in [-0.05, 0) is 24.0 Å². The minimum absolute atomic E-state index is 0.167. The van der Waals surface area contributed by atoms with Gasteiger partial charge in [0, 0.05) is 5.75 Å². The lowest BCUT2D eigenvalue weighted by Gasteiger charge is -2.07. The summed E-state index contributed by atoms with van der Waals surface area (Å²) in [5.41, 5.74) is 0.167. The highest BCUT2D eigenvalue weighted by Gasteiger charge is 2.07. The molecular formula is C11H13ClO3S. The van der Waals surface area contributed by atoms with Gasteiger partial charge in [0.15, 0.2) is 0 Å². The maximum absolute atomic E-state index is 10.7. The molecule has 0 saturated heterocycles. The van der Waals surface area contributed by atoms with Crippen molar-refractivity contribution in [3.63, 3.8) is 0 Å². The number of carboxylic acid groups (broad SMARTS) is 1. The Morgan fingerprint density at radius 1 is 1.56 bits per heavy atom. The Kier molecular flexibility index (Phi) is 5.49. The van der Waals surface area contributed by atoms with Crippen molar-refractivity contribution >= 4 is 29.3 Å². The number of rotatable bonds is 6. The molecule has 88 valence electrons. The maximum Gasteiger partial charge on any atom is 0.335 e. The fourth-order valence-electron chi connectivity index (χ4n) is 1.11. The summed E-state index contributed by atoms with van der Waals surface area (Å²) in [6, 6.07) is 4.46. The van der Waals surface area contributed by atoms with Crippen LogP contribution >= 0.6 is 23.4 Å². The molecule has 0 aliphatic heterocycles. The third-order valence-corrected chi connectivity index (χ3v) is 3.03. The Bertz CT molecular complexity index is 368. The molecule has 1 rings (SSSR count). The van der Waals surface area contributed by atoms with Gasteiger partial charge in [0.25, 0.3) is 0 Å². The number of benzene rings is 1. The van der Waals surface area contributed by atoms with Crippen molar-refractivity contribution in [1.29, 1.82) is 0 Å². The lowest BCUT2D eigenvalue weighted by molar-refractivity contribution is 0.0697. The molecule has 0 aromatic heterocycles. The van der Waals surface area contributed by atoms with Crippen LogP contribution in [0.2, 0.25) is 5.02 Å². The zero-order chi connectivity index (χ0) is 12.0. The fraction of sp³-hybridized carbons (Fsp3) is 0.364. The second-order valence-electron chi connectivity index (χ2n) is 3.00. The number of aromatic carboxylic acids is 1. The van der Waals surface area contributed by atoms with Crippen LogP contribution in [0, 0.1) is 0 Å². The average molecular weight is 261 g/mol. The summed E-state index contributed by atoms with van der Waals surface area (Å²) in [5.74, 6) is 1.49. The van der Waals surface area contributed by atoms with Crippen molar-refractivity contribution in [1.82, 2.24) is 0 Å². The van der Waals surface area contributed by atoms with E-state index in [1.807, 2.05) is 0 Å². The van der Waals surface area contributed by atoms with Crippen LogP contribution in [0.4, 0.5) is 0 Å². The van der Waals surface area contributed by atoms with Crippen LogP contribution in [-0.4, -0.2) is 29.2 Å². The zero-order valence-corrected chi connectivity index (χ0v) is 10.5. The second-order valence-corrected chi connectivity index (χ2v) is 4.80. The molecule has 0 unspecified atom stereocenters. The first-order valence-electron chi connectivity index (χ1n) is 4.88. The third-order valence-electron chi connectivity index (χ3n) is 1.87. The molecule has 0 radical (unpaired) electrons. The normalized spacial score (nSPS) is 10.1. The van der Waals surface area contributed by atoms with Gasteiger partial charge in [0.2, 0.25) is 0 Å². The molecule has 0 bridgehead atoms. The van der Waals surface area contributed by atoms with Crippen molar-refractivity contribution in [2.45, 2.75) is 6.92 Å². The minimum atomic E-state index is -0.991. The summed E-state index contributed by atoms with van der Waals surface area (Å²) in [6.45, 7) is 2.66. The van der Waals surface area contributed by atoms with E-state index < -0.39 is 5.97 Å². The van der Waals surface area contributed by atoms with Gasteiger partial charge < -0.3 is 9.84 Å². The van der Waals surface area contributed by atoms with E-state index in [2.05, 4.69) is 6.92 Å². The molecule has 5 heteroatoms. The Labute approximate surface area is 104 Å². The van der Waals surface area contributed by atoms with Gasteiger partial charge in [-0.2, -0.15) is 11.8 Å². The molecule has 0 aliphatic carbocycles. The van der Waals surface area contributed by atoms with E-state index in [-0.39, 0.29) is 5.56 Å². The first kappa shape index (κ1) is 13.2. The molecule has 1 N–H and O–H groups in total. The second kappa shape index (κ2) is 6.66. The molecule has 0 fully saturated rings. The summed E-state index contributed by atoms with van der Waals surface area (Å²) in [6.07, 6.45) is 0. The van der Waals surface area contributed by atoms with E-state index in [4.69, 9.17) is 21.4 Å². The summed E-state index contributed by atoms with van der Waals surface area (Å²) >= 11 is 7.67. The average Bonchev–Trinajstić information content (AvgIpc) is 2.26. The van der Waals surface area contributed by atoms with Crippen LogP contribution < -0.4 is 4.74 Å². The molecular weight excluding hydrogens is 248 g/mol. The van der Waals surface area contributed by atoms with Gasteiger partial charge in [0.1, 0.15) is 5.75 Å². The van der Waals surface area contributed by atoms with E-state index >= 15 is 0 Å². The summed E-state index contributed by atoms with van der Waals surface area (Å²) in [5, 5.41) is 9.08. The van der Waals surface area contributed by atoms with Crippen LogP contribution in [0.25, 0.3) is 0 Å². The number of carboxylic acids is 1. The standard InChI is InChI=1S/C11H13ClO3S/c1-2-16-6-5-15-10-4-3-8(11(13)14)7-9(10)12/h3-4,7H,2,5-6H2,1H3,(H,13,14). The smallest absolute Gasteiger partial charge is 0.335 e. The Balaban J connectivity index is 2.57. The van der Waals surface area contributed by atoms with Crippen LogP contribution in [0.5, 0.6) is 5.75 Å². The molecule has 0 saturated carbocycles. The molecule has 0 amide bonds. The number of thioether (sulfide) groups is 1. The number of hydrogen-bond donors (Lipinski definition) is 1. The molecule has 0 heterocycles. The zero-order valence-electron chi connectivity index (χ0n) is 8.90. The largest absolute Gasteiger partial charge is 0.491 e. The maximum atomic E-state index is 10.7. The van der Waals surface area contributed by atoms with Crippen LogP contribution in [0.15, 0.2) is 18.2 Å². The summed E-state index contributed by atoms with van der Waals surface area (Å²) in [7, 11) is 0. The van der Waals surface area contributed by atoms with Gasteiger partial charge in [-0.1, -0.05) is 18.5 Å². The van der Waals surface area contributed by atoms with Gasteiger partial charge in [-0.25, -0.2) is 4.79 Å². The predicted molar refractivity (Wildman–Crippen MR) is 66.9 cm³/mol. The first-order chi connectivity index (χ1) is 7.65. The molecule has 1 aromatic rings. The highest BCUT2D eigenvalue weighted by molar-refractivity contribution is 7.99. The van der Waals surface area contributed by atoms with Gasteiger partial charge in [-0.15, -0.1) is 0 Å². The molecule has 0 atom stereocenters. The molecule has 1 aromatic carbocycles. The van der Waals surface area contributed by atoms with Gasteiger partial charge in [0.05, 0.1) is 17.2 Å². The van der Waals surface area contributed by atoms with E-state index in [1.54, 1.807) is 17.8 Å². The molecule has 16 heavy (non-hydrogen) atoms. The van der Waals surface area contributed by atoms with E-state index in [0.717, 1.165) is 11.5 Å². The van der Waals surface area contributed by atoms with E-state index in [0.29, 0.717) is 17.4 Å². The number of carbonyl (C=O) groups is 1. The van der Waals surface area contributed by atoms with Crippen LogP contribution in [0.1, 0.15) is 17.3 Å². The topological polar surface area (TPSA) is 46.5 Å². The van der Waals surface area contributed by atoms with Gasteiger partial charge in [-0.3, -0.25) is 0 Å². The predicted octanol–water partition coefficient (Wildman–Crippen LogP) is 3.17. The van der Waals surface area contributed by atoms with Crippen molar-refractivity contribution in [2.75, 3.05) is 18.1 Å². The number of hydrogen-bond acceptors (Lipinski definition) is 3. The fourth-order valence-corrected chi connectivity index (χ4v) is 1.83. The Morgan fingerprint density at radius 3 is 2.88 bits per heavy atom. The SMILES string of the molecule is CCSCCOc1ccc(C(=O)O)cc1Cl. The number of ether oxygens (including phenoxy) is 1. The molecule has 0 aliphatic rings. The lowest BCUT2D eigenvalue weighted by Crippen LogP contribution is -2.02. The van der Waals surface area contributed by atoms with Crippen molar-refractivity contribution < 1.29 is 14.6 Å². The third kappa shape index (κ3) is 3.94. The van der Waals surface area contributed by atoms with Crippen LogP contribution in [-0.2, 0) is 0 Å². The quantitative estimate of drug-likeness (QED) is 0.798.